The highest BCUT2D eigenvalue weighted by Gasteiger charge is 2.06. The summed E-state index contributed by atoms with van der Waals surface area (Å²) in [5.41, 5.74) is 0. The normalized spacial score (nSPS) is 12.3. The van der Waals surface area contributed by atoms with Crippen molar-refractivity contribution in [1.29, 1.82) is 0 Å². The molecular formula is C8H15NO. The van der Waals surface area contributed by atoms with Gasteiger partial charge in [0.25, 0.3) is 0 Å². The van der Waals surface area contributed by atoms with Crippen molar-refractivity contribution in [3.8, 4) is 0 Å². The summed E-state index contributed by atoms with van der Waals surface area (Å²) in [6.07, 6.45) is 2.36. The van der Waals surface area contributed by atoms with Gasteiger partial charge in [-0.2, -0.15) is 0 Å². The Bertz CT molecular complexity index is 129. The summed E-state index contributed by atoms with van der Waals surface area (Å²) in [7, 11) is 3.52. The molecule has 0 bridgehead atoms. The molecule has 0 rings (SSSR count). The SMILES string of the molecule is C=CC(C)CC(=O)N(C)C. The molecule has 0 aliphatic heterocycles. The van der Waals surface area contributed by atoms with Crippen LogP contribution in [-0.4, -0.2) is 24.9 Å². The number of amides is 1. The van der Waals surface area contributed by atoms with Crippen LogP contribution in [0.1, 0.15) is 13.3 Å². The highest BCUT2D eigenvalue weighted by atomic mass is 16.2. The maximum absolute atomic E-state index is 11.0. The van der Waals surface area contributed by atoms with Gasteiger partial charge in [-0.15, -0.1) is 6.58 Å². The van der Waals surface area contributed by atoms with E-state index in [0.717, 1.165) is 0 Å². The summed E-state index contributed by atoms with van der Waals surface area (Å²) in [6, 6.07) is 0. The average Bonchev–Trinajstić information content (AvgIpc) is 1.87. The van der Waals surface area contributed by atoms with Crippen LogP contribution >= 0.6 is 0 Å². The van der Waals surface area contributed by atoms with E-state index in [1.165, 1.54) is 0 Å². The minimum Gasteiger partial charge on any atom is -0.349 e. The first-order valence-electron chi connectivity index (χ1n) is 3.40. The summed E-state index contributed by atoms with van der Waals surface area (Å²) >= 11 is 0. The minimum absolute atomic E-state index is 0.160. The third-order valence-corrected chi connectivity index (χ3v) is 1.40. The Hall–Kier alpha value is -0.790. The van der Waals surface area contributed by atoms with E-state index in [0.29, 0.717) is 6.42 Å². The monoisotopic (exact) mass is 141 g/mol. The van der Waals surface area contributed by atoms with Gasteiger partial charge in [0, 0.05) is 20.5 Å². The van der Waals surface area contributed by atoms with E-state index in [9.17, 15) is 4.79 Å². The van der Waals surface area contributed by atoms with Gasteiger partial charge in [0.1, 0.15) is 0 Å². The molecule has 2 nitrogen and oxygen atoms in total. The van der Waals surface area contributed by atoms with E-state index in [2.05, 4.69) is 6.58 Å². The Labute approximate surface area is 62.5 Å². The molecule has 0 spiro atoms. The van der Waals surface area contributed by atoms with Crippen molar-refractivity contribution in [2.24, 2.45) is 5.92 Å². The van der Waals surface area contributed by atoms with Crippen LogP contribution in [0.5, 0.6) is 0 Å². The molecule has 0 fully saturated rings. The van der Waals surface area contributed by atoms with E-state index in [1.807, 2.05) is 6.92 Å². The van der Waals surface area contributed by atoms with Gasteiger partial charge >= 0.3 is 0 Å². The van der Waals surface area contributed by atoms with Crippen molar-refractivity contribution < 1.29 is 4.79 Å². The fourth-order valence-corrected chi connectivity index (χ4v) is 0.541. The van der Waals surface area contributed by atoms with E-state index in [4.69, 9.17) is 0 Å². The summed E-state index contributed by atoms with van der Waals surface area (Å²) in [5, 5.41) is 0. The molecule has 2 heteroatoms. The second-order valence-corrected chi connectivity index (χ2v) is 2.71. The predicted molar refractivity (Wildman–Crippen MR) is 42.7 cm³/mol. The van der Waals surface area contributed by atoms with E-state index in [1.54, 1.807) is 25.1 Å². The van der Waals surface area contributed by atoms with Crippen LogP contribution < -0.4 is 0 Å². The van der Waals surface area contributed by atoms with Gasteiger partial charge in [-0.1, -0.05) is 13.0 Å². The Morgan fingerprint density at radius 2 is 2.20 bits per heavy atom. The molecule has 0 saturated carbocycles. The van der Waals surface area contributed by atoms with E-state index in [-0.39, 0.29) is 11.8 Å². The zero-order valence-electron chi connectivity index (χ0n) is 6.92. The van der Waals surface area contributed by atoms with Crippen LogP contribution in [0.2, 0.25) is 0 Å². The van der Waals surface area contributed by atoms with Crippen LogP contribution in [0.25, 0.3) is 0 Å². The van der Waals surface area contributed by atoms with E-state index >= 15 is 0 Å². The molecule has 0 aliphatic carbocycles. The zero-order valence-corrected chi connectivity index (χ0v) is 6.92. The van der Waals surface area contributed by atoms with Crippen LogP contribution in [0, 0.1) is 5.92 Å². The smallest absolute Gasteiger partial charge is 0.222 e. The number of nitrogens with zero attached hydrogens (tertiary/aromatic N) is 1. The van der Waals surface area contributed by atoms with Crippen molar-refractivity contribution in [1.82, 2.24) is 4.90 Å². The third kappa shape index (κ3) is 3.28. The number of rotatable bonds is 3. The van der Waals surface area contributed by atoms with Crippen LogP contribution in [-0.2, 0) is 4.79 Å². The van der Waals surface area contributed by atoms with Gasteiger partial charge in [-0.25, -0.2) is 0 Å². The van der Waals surface area contributed by atoms with Gasteiger partial charge in [-0.05, 0) is 5.92 Å². The molecular weight excluding hydrogens is 126 g/mol. The molecule has 1 amide bonds. The van der Waals surface area contributed by atoms with Crippen molar-refractivity contribution in [2.45, 2.75) is 13.3 Å². The van der Waals surface area contributed by atoms with Crippen LogP contribution in [0.3, 0.4) is 0 Å². The van der Waals surface area contributed by atoms with Gasteiger partial charge < -0.3 is 4.90 Å². The molecule has 10 heavy (non-hydrogen) atoms. The number of hydrogen-bond acceptors (Lipinski definition) is 1. The molecule has 0 heterocycles. The van der Waals surface area contributed by atoms with Crippen molar-refractivity contribution in [3.63, 3.8) is 0 Å². The summed E-state index contributed by atoms with van der Waals surface area (Å²) in [4.78, 5) is 12.6. The maximum atomic E-state index is 11.0. The first kappa shape index (κ1) is 9.21. The molecule has 0 N–H and O–H groups in total. The zero-order chi connectivity index (χ0) is 8.15. The van der Waals surface area contributed by atoms with Crippen molar-refractivity contribution in [3.05, 3.63) is 12.7 Å². The fraction of sp³-hybridized carbons (Fsp3) is 0.625. The quantitative estimate of drug-likeness (QED) is 0.542. The first-order chi connectivity index (χ1) is 4.57. The lowest BCUT2D eigenvalue weighted by atomic mass is 10.1. The maximum Gasteiger partial charge on any atom is 0.222 e. The van der Waals surface area contributed by atoms with Gasteiger partial charge in [0.2, 0.25) is 5.91 Å². The Morgan fingerprint density at radius 3 is 2.50 bits per heavy atom. The summed E-state index contributed by atoms with van der Waals surface area (Å²) in [6.45, 7) is 5.58. The van der Waals surface area contributed by atoms with Gasteiger partial charge in [0.15, 0.2) is 0 Å². The molecule has 1 unspecified atom stereocenters. The van der Waals surface area contributed by atoms with Crippen molar-refractivity contribution >= 4 is 5.91 Å². The molecule has 1 atom stereocenters. The second kappa shape index (κ2) is 4.09. The number of hydrogen-bond donors (Lipinski definition) is 0. The highest BCUT2D eigenvalue weighted by Crippen LogP contribution is 2.03. The average molecular weight is 141 g/mol. The van der Waals surface area contributed by atoms with E-state index < -0.39 is 0 Å². The molecule has 0 aliphatic rings. The fourth-order valence-electron chi connectivity index (χ4n) is 0.541. The third-order valence-electron chi connectivity index (χ3n) is 1.40. The topological polar surface area (TPSA) is 20.3 Å². The Morgan fingerprint density at radius 1 is 1.70 bits per heavy atom. The Balaban J connectivity index is 3.68. The molecule has 0 aromatic heterocycles. The summed E-state index contributed by atoms with van der Waals surface area (Å²) in [5.74, 6) is 0.447. The molecule has 0 saturated heterocycles. The minimum atomic E-state index is 0.160. The van der Waals surface area contributed by atoms with Crippen LogP contribution in [0.4, 0.5) is 0 Å². The second-order valence-electron chi connectivity index (χ2n) is 2.71. The largest absolute Gasteiger partial charge is 0.349 e. The molecule has 0 radical (unpaired) electrons. The number of carbonyl (C=O) groups excluding carboxylic acids is 1. The first-order valence-corrected chi connectivity index (χ1v) is 3.40. The lowest BCUT2D eigenvalue weighted by molar-refractivity contribution is -0.129. The molecule has 0 aromatic carbocycles. The molecule has 58 valence electrons. The number of carbonyl (C=O) groups is 1. The predicted octanol–water partition coefficient (Wildman–Crippen LogP) is 1.29. The van der Waals surface area contributed by atoms with Crippen LogP contribution in [0.15, 0.2) is 12.7 Å². The number of allylic oxidation sites excluding steroid dienone is 1. The van der Waals surface area contributed by atoms with Gasteiger partial charge in [-0.3, -0.25) is 4.79 Å². The standard InChI is InChI=1S/C8H15NO/c1-5-7(2)6-8(10)9(3)4/h5,7H,1,6H2,2-4H3. The lowest BCUT2D eigenvalue weighted by Gasteiger charge is -2.11. The lowest BCUT2D eigenvalue weighted by Crippen LogP contribution is -2.22. The highest BCUT2D eigenvalue weighted by molar-refractivity contribution is 5.75. The van der Waals surface area contributed by atoms with Gasteiger partial charge in [0.05, 0.1) is 0 Å². The van der Waals surface area contributed by atoms with Crippen molar-refractivity contribution in [2.75, 3.05) is 14.1 Å². The molecule has 0 aromatic rings. The summed E-state index contributed by atoms with van der Waals surface area (Å²) < 4.78 is 0. The Kier molecular flexibility index (Phi) is 3.77.